The lowest BCUT2D eigenvalue weighted by Gasteiger charge is -2.22. The Kier molecular flexibility index (Phi) is 8.38. The van der Waals surface area contributed by atoms with Crippen LogP contribution in [-0.4, -0.2) is 34.2 Å². The van der Waals surface area contributed by atoms with Crippen molar-refractivity contribution in [2.45, 2.75) is 32.6 Å². The largest absolute Gasteiger partial charge is 0.427 e. The average molecular weight is 466 g/mol. The summed E-state index contributed by atoms with van der Waals surface area (Å²) in [6.07, 6.45) is 2.01. The summed E-state index contributed by atoms with van der Waals surface area (Å²) in [5.41, 5.74) is 1.45. The van der Waals surface area contributed by atoms with Gasteiger partial charge >= 0.3 is 5.63 Å². The first-order valence-corrected chi connectivity index (χ1v) is 9.67. The zero-order valence-electron chi connectivity index (χ0n) is 17.2. The number of aryl methyl sites for hydroxylation is 2. The van der Waals surface area contributed by atoms with Gasteiger partial charge in [-0.05, 0) is 69.1 Å². The number of carbonyl (C=O) groups excluding carboxylic acids is 1. The molecule has 31 heavy (non-hydrogen) atoms. The van der Waals surface area contributed by atoms with E-state index in [1.165, 1.54) is 0 Å². The van der Waals surface area contributed by atoms with E-state index in [1.807, 2.05) is 25.1 Å². The van der Waals surface area contributed by atoms with Crippen molar-refractivity contribution in [2.24, 2.45) is 0 Å². The third kappa shape index (κ3) is 5.52. The highest BCUT2D eigenvalue weighted by atomic mass is 35.5. The smallest absolute Gasteiger partial charge is 0.349 e. The van der Waals surface area contributed by atoms with Gasteiger partial charge in [0.2, 0.25) is 0 Å². The molecule has 8 nitrogen and oxygen atoms in total. The number of nitrogens with one attached hydrogen (secondary N) is 3. The quantitative estimate of drug-likeness (QED) is 0.542. The van der Waals surface area contributed by atoms with E-state index in [-0.39, 0.29) is 36.3 Å². The van der Waals surface area contributed by atoms with Crippen molar-refractivity contribution in [1.29, 1.82) is 0 Å². The number of halogens is 2. The van der Waals surface area contributed by atoms with Crippen molar-refractivity contribution < 1.29 is 9.21 Å². The monoisotopic (exact) mass is 465 g/mol. The van der Waals surface area contributed by atoms with Gasteiger partial charge in [0.1, 0.15) is 17.1 Å². The summed E-state index contributed by atoms with van der Waals surface area (Å²) < 4.78 is 5.49. The highest BCUT2D eigenvalue weighted by molar-refractivity contribution is 6.05. The van der Waals surface area contributed by atoms with Gasteiger partial charge in [0.25, 0.3) is 5.91 Å². The number of hydrogen-bond donors (Lipinski definition) is 3. The fraction of sp³-hybridized carbons (Fsp3) is 0.333. The van der Waals surface area contributed by atoms with Gasteiger partial charge in [-0.1, -0.05) is 0 Å². The van der Waals surface area contributed by atoms with Crippen LogP contribution in [0.4, 0.5) is 5.69 Å². The molecule has 1 aliphatic rings. The Morgan fingerprint density at radius 2 is 1.94 bits per heavy atom. The second-order valence-electron chi connectivity index (χ2n) is 7.31. The molecule has 1 fully saturated rings. The number of nitrogens with zero attached hydrogens (tertiary/aromatic N) is 2. The molecule has 3 N–H and O–H groups in total. The summed E-state index contributed by atoms with van der Waals surface area (Å²) in [7, 11) is 0. The number of aromatic amines is 1. The molecule has 1 aromatic carbocycles. The van der Waals surface area contributed by atoms with Crippen molar-refractivity contribution >= 4 is 36.4 Å². The van der Waals surface area contributed by atoms with Gasteiger partial charge in [0.15, 0.2) is 5.82 Å². The summed E-state index contributed by atoms with van der Waals surface area (Å²) in [6, 6.07) is 8.93. The first-order valence-electron chi connectivity index (χ1n) is 9.67. The number of rotatable bonds is 4. The van der Waals surface area contributed by atoms with Crippen LogP contribution in [0.15, 0.2) is 39.5 Å². The molecule has 1 aliphatic heterocycles. The minimum Gasteiger partial charge on any atom is -0.427 e. The minimum atomic E-state index is -0.601. The Morgan fingerprint density at radius 3 is 2.52 bits per heavy atom. The van der Waals surface area contributed by atoms with Crippen LogP contribution in [0.25, 0.3) is 11.4 Å². The van der Waals surface area contributed by atoms with E-state index in [9.17, 15) is 9.59 Å². The van der Waals surface area contributed by atoms with E-state index in [0.717, 1.165) is 37.3 Å². The molecule has 166 valence electrons. The van der Waals surface area contributed by atoms with Crippen LogP contribution in [0.5, 0.6) is 0 Å². The van der Waals surface area contributed by atoms with E-state index in [2.05, 4.69) is 25.8 Å². The molecular formula is C21H25Cl2N5O3. The van der Waals surface area contributed by atoms with E-state index in [4.69, 9.17) is 4.42 Å². The molecule has 2 aromatic heterocycles. The molecule has 1 amide bonds. The number of amides is 1. The Bertz CT molecular complexity index is 1090. The van der Waals surface area contributed by atoms with E-state index < -0.39 is 11.5 Å². The molecule has 0 radical (unpaired) electrons. The molecule has 3 aromatic rings. The second kappa shape index (κ2) is 10.6. The molecule has 0 saturated carbocycles. The van der Waals surface area contributed by atoms with Crippen LogP contribution in [0.1, 0.15) is 46.3 Å². The Hall–Kier alpha value is -2.68. The predicted molar refractivity (Wildman–Crippen MR) is 124 cm³/mol. The second-order valence-corrected chi connectivity index (χ2v) is 7.31. The molecule has 1 unspecified atom stereocenters. The zero-order chi connectivity index (χ0) is 20.4. The van der Waals surface area contributed by atoms with Crippen LogP contribution in [0, 0.1) is 13.8 Å². The van der Waals surface area contributed by atoms with Crippen LogP contribution >= 0.6 is 24.8 Å². The van der Waals surface area contributed by atoms with Crippen molar-refractivity contribution in [2.75, 3.05) is 18.4 Å². The normalized spacial score (nSPS) is 15.5. The Balaban J connectivity index is 0.00000171. The van der Waals surface area contributed by atoms with Gasteiger partial charge in [-0.2, -0.15) is 5.10 Å². The molecule has 1 saturated heterocycles. The van der Waals surface area contributed by atoms with E-state index >= 15 is 0 Å². The van der Waals surface area contributed by atoms with E-state index in [1.54, 1.807) is 19.1 Å². The van der Waals surface area contributed by atoms with Gasteiger partial charge in [0, 0.05) is 23.7 Å². The lowest BCUT2D eigenvalue weighted by Crippen LogP contribution is -2.30. The SMILES string of the molecule is Cc1nc(-c2ccc(NC(=O)c3c(C)cc(C4CCCNC4)oc3=O)cc2)n[nH]1.Cl.Cl. The van der Waals surface area contributed by atoms with Gasteiger partial charge in [-0.3, -0.25) is 9.89 Å². The van der Waals surface area contributed by atoms with E-state index in [0.29, 0.717) is 22.8 Å². The fourth-order valence-electron chi connectivity index (χ4n) is 3.57. The number of benzene rings is 1. The van der Waals surface area contributed by atoms with Gasteiger partial charge in [-0.25, -0.2) is 9.78 Å². The maximum Gasteiger partial charge on any atom is 0.349 e. The maximum atomic E-state index is 12.7. The number of H-pyrrole nitrogens is 1. The first kappa shape index (κ1) is 24.6. The van der Waals surface area contributed by atoms with Gasteiger partial charge in [0.05, 0.1) is 0 Å². The third-order valence-corrected chi connectivity index (χ3v) is 5.09. The van der Waals surface area contributed by atoms with Crippen molar-refractivity contribution in [3.8, 4) is 11.4 Å². The number of carbonyl (C=O) groups is 1. The Labute approximate surface area is 192 Å². The number of hydrogen-bond acceptors (Lipinski definition) is 6. The first-order chi connectivity index (χ1) is 14.0. The molecule has 3 heterocycles. The molecule has 0 bridgehead atoms. The van der Waals surface area contributed by atoms with Crippen molar-refractivity contribution in [3.05, 3.63) is 63.5 Å². The highest BCUT2D eigenvalue weighted by Gasteiger charge is 2.22. The predicted octanol–water partition coefficient (Wildman–Crippen LogP) is 3.60. The lowest BCUT2D eigenvalue weighted by molar-refractivity contribution is 0.102. The van der Waals surface area contributed by atoms with Crippen LogP contribution in [0.2, 0.25) is 0 Å². The highest BCUT2D eigenvalue weighted by Crippen LogP contribution is 2.24. The summed E-state index contributed by atoms with van der Waals surface area (Å²) in [5, 5.41) is 13.0. The molecule has 10 heteroatoms. The molecule has 0 spiro atoms. The third-order valence-electron chi connectivity index (χ3n) is 5.09. The van der Waals surface area contributed by atoms with Crippen LogP contribution in [-0.2, 0) is 0 Å². The summed E-state index contributed by atoms with van der Waals surface area (Å²) in [6.45, 7) is 5.36. The topological polar surface area (TPSA) is 113 Å². The fourth-order valence-corrected chi connectivity index (χ4v) is 3.57. The molecule has 1 atom stereocenters. The van der Waals surface area contributed by atoms with Crippen molar-refractivity contribution in [1.82, 2.24) is 20.5 Å². The maximum absolute atomic E-state index is 12.7. The zero-order valence-corrected chi connectivity index (χ0v) is 18.9. The summed E-state index contributed by atoms with van der Waals surface area (Å²) in [5.74, 6) is 1.64. The molecule has 0 aliphatic carbocycles. The molecule has 4 rings (SSSR count). The summed E-state index contributed by atoms with van der Waals surface area (Å²) in [4.78, 5) is 29.5. The summed E-state index contributed by atoms with van der Waals surface area (Å²) >= 11 is 0. The number of aromatic nitrogens is 3. The lowest BCUT2D eigenvalue weighted by atomic mass is 9.95. The number of piperidine rings is 1. The van der Waals surface area contributed by atoms with Crippen LogP contribution < -0.4 is 16.3 Å². The average Bonchev–Trinajstić information content (AvgIpc) is 3.15. The van der Waals surface area contributed by atoms with Crippen molar-refractivity contribution in [3.63, 3.8) is 0 Å². The molecular weight excluding hydrogens is 441 g/mol. The number of anilines is 1. The van der Waals surface area contributed by atoms with Gasteiger partial charge in [-0.15, -0.1) is 24.8 Å². The minimum absolute atomic E-state index is 0. The van der Waals surface area contributed by atoms with Gasteiger partial charge < -0.3 is 15.1 Å². The standard InChI is InChI=1S/C21H23N5O3.2ClH/c1-12-10-17(15-4-3-9-22-11-15)29-21(28)18(12)20(27)24-16-7-5-14(6-8-16)19-23-13(2)25-26-19;;/h5-8,10,15,22H,3-4,9,11H2,1-2H3,(H,24,27)(H,23,25,26);2*1H. The van der Waals surface area contributed by atoms with Crippen LogP contribution in [0.3, 0.4) is 0 Å². The Morgan fingerprint density at radius 1 is 1.19 bits per heavy atom.